The number of carboxylic acid groups (broad SMARTS) is 1. The Morgan fingerprint density at radius 1 is 1.37 bits per heavy atom. The normalized spacial score (nSPS) is 13.9. The molecule has 19 heavy (non-hydrogen) atoms. The number of anilines is 2. The van der Waals surface area contributed by atoms with Crippen LogP contribution in [0.2, 0.25) is 0 Å². The van der Waals surface area contributed by atoms with Crippen LogP contribution in [0.5, 0.6) is 0 Å². The van der Waals surface area contributed by atoms with Gasteiger partial charge in [-0.2, -0.15) is 0 Å². The van der Waals surface area contributed by atoms with Gasteiger partial charge in [-0.3, -0.25) is 9.59 Å². The number of amides is 1. The lowest BCUT2D eigenvalue weighted by Crippen LogP contribution is -2.37. The number of para-hydroxylation sites is 2. The molecule has 0 bridgehead atoms. The minimum absolute atomic E-state index is 0.0890. The standard InChI is InChI=1S/C14H20N2O3/c1-9(2)14(3,13(18)19)8-12(17)16-11-7-5-4-6-10(11)15/h4-7,9H,8,15H2,1-3H3,(H,16,17)(H,18,19). The molecule has 1 atom stereocenters. The molecule has 5 nitrogen and oxygen atoms in total. The van der Waals surface area contributed by atoms with E-state index in [4.69, 9.17) is 5.73 Å². The van der Waals surface area contributed by atoms with E-state index in [0.717, 1.165) is 0 Å². The van der Waals surface area contributed by atoms with Crippen LogP contribution >= 0.6 is 0 Å². The summed E-state index contributed by atoms with van der Waals surface area (Å²) in [6.07, 6.45) is -0.0890. The summed E-state index contributed by atoms with van der Waals surface area (Å²) in [7, 11) is 0. The third kappa shape index (κ3) is 3.47. The highest BCUT2D eigenvalue weighted by Gasteiger charge is 2.38. The van der Waals surface area contributed by atoms with Gasteiger partial charge in [0.05, 0.1) is 16.8 Å². The lowest BCUT2D eigenvalue weighted by molar-refractivity contribution is -0.153. The van der Waals surface area contributed by atoms with E-state index in [-0.39, 0.29) is 18.2 Å². The summed E-state index contributed by atoms with van der Waals surface area (Å²) < 4.78 is 0. The number of carboxylic acids is 1. The molecule has 0 saturated heterocycles. The van der Waals surface area contributed by atoms with Crippen molar-refractivity contribution in [1.29, 1.82) is 0 Å². The van der Waals surface area contributed by atoms with Crippen molar-refractivity contribution in [2.24, 2.45) is 11.3 Å². The Balaban J connectivity index is 2.80. The van der Waals surface area contributed by atoms with E-state index in [2.05, 4.69) is 5.32 Å². The van der Waals surface area contributed by atoms with Gasteiger partial charge < -0.3 is 16.2 Å². The molecular weight excluding hydrogens is 244 g/mol. The minimum Gasteiger partial charge on any atom is -0.481 e. The molecular formula is C14H20N2O3. The molecule has 1 aromatic rings. The second-order valence-corrected chi connectivity index (χ2v) is 5.19. The van der Waals surface area contributed by atoms with Gasteiger partial charge in [0.1, 0.15) is 0 Å². The number of rotatable bonds is 5. The van der Waals surface area contributed by atoms with Crippen molar-refractivity contribution < 1.29 is 14.7 Å². The quantitative estimate of drug-likeness (QED) is 0.712. The van der Waals surface area contributed by atoms with E-state index in [0.29, 0.717) is 11.4 Å². The van der Waals surface area contributed by atoms with Gasteiger partial charge >= 0.3 is 5.97 Å². The largest absolute Gasteiger partial charge is 0.481 e. The molecule has 0 spiro atoms. The third-order valence-corrected chi connectivity index (χ3v) is 3.53. The molecule has 1 aromatic carbocycles. The Kier molecular flexibility index (Phi) is 4.53. The topological polar surface area (TPSA) is 92.4 Å². The first-order valence-corrected chi connectivity index (χ1v) is 6.15. The molecule has 0 aliphatic heterocycles. The van der Waals surface area contributed by atoms with Gasteiger partial charge in [-0.05, 0) is 25.0 Å². The average Bonchev–Trinajstić information content (AvgIpc) is 2.31. The zero-order valence-electron chi connectivity index (χ0n) is 11.4. The fourth-order valence-corrected chi connectivity index (χ4v) is 1.67. The fourth-order valence-electron chi connectivity index (χ4n) is 1.67. The van der Waals surface area contributed by atoms with Crippen molar-refractivity contribution in [3.05, 3.63) is 24.3 Å². The number of benzene rings is 1. The second kappa shape index (κ2) is 5.73. The lowest BCUT2D eigenvalue weighted by Gasteiger charge is -2.28. The first-order chi connectivity index (χ1) is 8.77. The molecule has 0 aliphatic carbocycles. The number of carbonyl (C=O) groups is 2. The van der Waals surface area contributed by atoms with Gasteiger partial charge in [-0.15, -0.1) is 0 Å². The number of hydrogen-bond acceptors (Lipinski definition) is 3. The second-order valence-electron chi connectivity index (χ2n) is 5.19. The summed E-state index contributed by atoms with van der Waals surface area (Å²) in [6.45, 7) is 5.16. The zero-order valence-corrected chi connectivity index (χ0v) is 11.4. The SMILES string of the molecule is CC(C)C(C)(CC(=O)Nc1ccccc1N)C(=O)O. The number of hydrogen-bond donors (Lipinski definition) is 3. The molecule has 1 amide bonds. The summed E-state index contributed by atoms with van der Waals surface area (Å²) in [5, 5.41) is 11.9. The van der Waals surface area contributed by atoms with Gasteiger partial charge in [-0.1, -0.05) is 26.0 Å². The smallest absolute Gasteiger partial charge is 0.310 e. The summed E-state index contributed by atoms with van der Waals surface area (Å²) >= 11 is 0. The van der Waals surface area contributed by atoms with Crippen LogP contribution in [0.15, 0.2) is 24.3 Å². The number of nitrogen functional groups attached to an aromatic ring is 1. The number of carbonyl (C=O) groups excluding carboxylic acids is 1. The fraction of sp³-hybridized carbons (Fsp3) is 0.429. The third-order valence-electron chi connectivity index (χ3n) is 3.53. The number of nitrogens with one attached hydrogen (secondary N) is 1. The van der Waals surface area contributed by atoms with E-state index in [1.807, 2.05) is 0 Å². The van der Waals surface area contributed by atoms with Gasteiger partial charge in [-0.25, -0.2) is 0 Å². The predicted molar refractivity (Wildman–Crippen MR) is 74.7 cm³/mol. The minimum atomic E-state index is -1.09. The number of nitrogens with two attached hydrogens (primary N) is 1. The number of aliphatic carboxylic acids is 1. The molecule has 104 valence electrons. The monoisotopic (exact) mass is 264 g/mol. The highest BCUT2D eigenvalue weighted by molar-refractivity contribution is 5.96. The highest BCUT2D eigenvalue weighted by Crippen LogP contribution is 2.32. The van der Waals surface area contributed by atoms with Gasteiger partial charge in [0, 0.05) is 6.42 Å². The molecule has 0 aromatic heterocycles. The van der Waals surface area contributed by atoms with Crippen LogP contribution < -0.4 is 11.1 Å². The Labute approximate surface area is 112 Å². The maximum atomic E-state index is 12.0. The van der Waals surface area contributed by atoms with Crippen LogP contribution in [0.25, 0.3) is 0 Å². The molecule has 4 N–H and O–H groups in total. The molecule has 1 unspecified atom stereocenters. The van der Waals surface area contributed by atoms with Crippen molar-refractivity contribution in [2.45, 2.75) is 27.2 Å². The lowest BCUT2D eigenvalue weighted by atomic mass is 9.76. The van der Waals surface area contributed by atoms with Crippen LogP contribution in [-0.4, -0.2) is 17.0 Å². The summed E-state index contributed by atoms with van der Waals surface area (Å²) in [4.78, 5) is 23.3. The van der Waals surface area contributed by atoms with Crippen molar-refractivity contribution >= 4 is 23.3 Å². The van der Waals surface area contributed by atoms with Crippen LogP contribution in [0.1, 0.15) is 27.2 Å². The summed E-state index contributed by atoms with van der Waals surface area (Å²) in [6, 6.07) is 6.88. The molecule has 1 rings (SSSR count). The molecule has 0 fully saturated rings. The first-order valence-electron chi connectivity index (χ1n) is 6.15. The Bertz CT molecular complexity index is 485. The van der Waals surface area contributed by atoms with Gasteiger partial charge in [0.15, 0.2) is 0 Å². The van der Waals surface area contributed by atoms with E-state index in [1.165, 1.54) is 0 Å². The molecule has 0 aliphatic rings. The van der Waals surface area contributed by atoms with Crippen LogP contribution in [0.4, 0.5) is 11.4 Å². The van der Waals surface area contributed by atoms with Crippen LogP contribution in [0, 0.1) is 11.3 Å². The molecule has 0 saturated carbocycles. The van der Waals surface area contributed by atoms with Crippen molar-refractivity contribution in [3.8, 4) is 0 Å². The van der Waals surface area contributed by atoms with E-state index >= 15 is 0 Å². The maximum Gasteiger partial charge on any atom is 0.310 e. The molecule has 0 heterocycles. The Hall–Kier alpha value is -2.04. The van der Waals surface area contributed by atoms with E-state index < -0.39 is 11.4 Å². The Morgan fingerprint density at radius 2 is 1.95 bits per heavy atom. The summed E-state index contributed by atoms with van der Waals surface area (Å²) in [5.41, 5.74) is 5.59. The van der Waals surface area contributed by atoms with Gasteiger partial charge in [0.2, 0.25) is 5.91 Å². The van der Waals surface area contributed by atoms with Crippen LogP contribution in [0.3, 0.4) is 0 Å². The van der Waals surface area contributed by atoms with Crippen molar-refractivity contribution in [2.75, 3.05) is 11.1 Å². The zero-order chi connectivity index (χ0) is 14.6. The summed E-state index contributed by atoms with van der Waals surface area (Å²) in [5.74, 6) is -1.47. The van der Waals surface area contributed by atoms with Gasteiger partial charge in [0.25, 0.3) is 0 Å². The van der Waals surface area contributed by atoms with Crippen molar-refractivity contribution in [1.82, 2.24) is 0 Å². The van der Waals surface area contributed by atoms with Crippen molar-refractivity contribution in [3.63, 3.8) is 0 Å². The first kappa shape index (κ1) is 15.0. The molecule has 0 radical (unpaired) electrons. The maximum absolute atomic E-state index is 12.0. The molecule has 5 heteroatoms. The average molecular weight is 264 g/mol. The predicted octanol–water partition coefficient (Wildman–Crippen LogP) is 2.34. The highest BCUT2D eigenvalue weighted by atomic mass is 16.4. The van der Waals surface area contributed by atoms with Crippen LogP contribution in [-0.2, 0) is 9.59 Å². The Morgan fingerprint density at radius 3 is 2.42 bits per heavy atom. The van der Waals surface area contributed by atoms with E-state index in [9.17, 15) is 14.7 Å². The van der Waals surface area contributed by atoms with E-state index in [1.54, 1.807) is 45.0 Å².